The fourth-order valence-electron chi connectivity index (χ4n) is 3.81. The van der Waals surface area contributed by atoms with Crippen molar-refractivity contribution in [3.8, 4) is 0 Å². The van der Waals surface area contributed by atoms with Crippen LogP contribution in [0.4, 0.5) is 9.18 Å². The topological polar surface area (TPSA) is 69.6 Å². The van der Waals surface area contributed by atoms with Gasteiger partial charge in [0, 0.05) is 12.6 Å². The summed E-state index contributed by atoms with van der Waals surface area (Å²) in [6, 6.07) is 6.25. The molecule has 1 aliphatic carbocycles. The number of rotatable bonds is 3. The largest absolute Gasteiger partial charge is 0.481 e. The molecule has 1 saturated heterocycles. The molecule has 1 saturated carbocycles. The molecule has 0 spiro atoms. The lowest BCUT2D eigenvalue weighted by Crippen LogP contribution is -2.46. The lowest BCUT2D eigenvalue weighted by molar-refractivity contribution is -0.142. The van der Waals surface area contributed by atoms with E-state index in [4.69, 9.17) is 5.11 Å². The zero-order valence-corrected chi connectivity index (χ0v) is 13.6. The first-order valence-electron chi connectivity index (χ1n) is 8.60. The molecule has 2 aliphatic rings. The fourth-order valence-corrected chi connectivity index (χ4v) is 3.81. The van der Waals surface area contributed by atoms with E-state index in [-0.39, 0.29) is 29.8 Å². The fraction of sp³-hybridized carbons (Fsp3) is 0.556. The number of nitrogens with zero attached hydrogens (tertiary/aromatic N) is 1. The quantitative estimate of drug-likeness (QED) is 0.891. The third-order valence-electron chi connectivity index (χ3n) is 5.15. The average molecular weight is 334 g/mol. The molecular weight excluding hydrogens is 311 g/mol. The number of benzene rings is 1. The van der Waals surface area contributed by atoms with Gasteiger partial charge in [-0.15, -0.1) is 0 Å². The van der Waals surface area contributed by atoms with Crippen LogP contribution in [0.25, 0.3) is 0 Å². The number of carbonyl (C=O) groups is 2. The van der Waals surface area contributed by atoms with Gasteiger partial charge in [-0.05, 0) is 56.2 Å². The summed E-state index contributed by atoms with van der Waals surface area (Å²) in [5, 5.41) is 12.1. The van der Waals surface area contributed by atoms with Gasteiger partial charge >= 0.3 is 12.0 Å². The molecule has 1 aromatic carbocycles. The number of hydrogen-bond acceptors (Lipinski definition) is 2. The number of aliphatic carboxylic acids is 1. The summed E-state index contributed by atoms with van der Waals surface area (Å²) < 4.78 is 13.5. The second-order valence-corrected chi connectivity index (χ2v) is 6.74. The Bertz CT molecular complexity index is 614. The van der Waals surface area contributed by atoms with Crippen LogP contribution in [0.3, 0.4) is 0 Å². The minimum absolute atomic E-state index is 0.0295. The predicted octanol–water partition coefficient (Wildman–Crippen LogP) is 3.32. The van der Waals surface area contributed by atoms with Crippen molar-refractivity contribution in [2.45, 2.75) is 50.6 Å². The second-order valence-electron chi connectivity index (χ2n) is 6.74. The standard InChI is InChI=1S/C18H23FN2O3/c19-14-4-1-3-13(11-14)16-5-2-10-21(16)18(24)20-15-8-6-12(7-9-15)17(22)23/h1,3-4,11-12,15-16H,2,5-10H2,(H,20,24)(H,22,23). The highest BCUT2D eigenvalue weighted by Crippen LogP contribution is 2.32. The van der Waals surface area contributed by atoms with E-state index < -0.39 is 5.97 Å². The van der Waals surface area contributed by atoms with Crippen molar-refractivity contribution in [3.63, 3.8) is 0 Å². The van der Waals surface area contributed by atoms with E-state index in [9.17, 15) is 14.0 Å². The van der Waals surface area contributed by atoms with Gasteiger partial charge in [0.2, 0.25) is 0 Å². The predicted molar refractivity (Wildman–Crippen MR) is 87.0 cm³/mol. The van der Waals surface area contributed by atoms with Gasteiger partial charge < -0.3 is 15.3 Å². The van der Waals surface area contributed by atoms with E-state index in [1.54, 1.807) is 11.0 Å². The van der Waals surface area contributed by atoms with E-state index in [1.807, 2.05) is 6.07 Å². The molecule has 2 amide bonds. The van der Waals surface area contributed by atoms with E-state index in [2.05, 4.69) is 5.32 Å². The van der Waals surface area contributed by atoms with Gasteiger partial charge in [0.15, 0.2) is 0 Å². The highest BCUT2D eigenvalue weighted by molar-refractivity contribution is 5.75. The molecule has 2 fully saturated rings. The molecule has 130 valence electrons. The van der Waals surface area contributed by atoms with Crippen LogP contribution >= 0.6 is 0 Å². The SMILES string of the molecule is O=C(O)C1CCC(NC(=O)N2CCCC2c2cccc(F)c2)CC1. The Morgan fingerprint density at radius 1 is 1.17 bits per heavy atom. The maximum absolute atomic E-state index is 13.5. The molecule has 0 aromatic heterocycles. The van der Waals surface area contributed by atoms with Crippen LogP contribution in [0.1, 0.15) is 50.1 Å². The van der Waals surface area contributed by atoms with Crippen LogP contribution < -0.4 is 5.32 Å². The number of carboxylic acid groups (broad SMARTS) is 1. The molecule has 1 aliphatic heterocycles. The van der Waals surface area contributed by atoms with Gasteiger partial charge in [0.25, 0.3) is 0 Å². The maximum atomic E-state index is 13.5. The number of urea groups is 1. The van der Waals surface area contributed by atoms with Gasteiger partial charge in [-0.1, -0.05) is 12.1 Å². The van der Waals surface area contributed by atoms with Crippen molar-refractivity contribution >= 4 is 12.0 Å². The summed E-state index contributed by atoms with van der Waals surface area (Å²) in [6.07, 6.45) is 4.34. The molecule has 3 rings (SSSR count). The molecule has 5 nitrogen and oxygen atoms in total. The van der Waals surface area contributed by atoms with Crippen molar-refractivity contribution in [2.75, 3.05) is 6.54 Å². The smallest absolute Gasteiger partial charge is 0.318 e. The molecule has 1 heterocycles. The number of amides is 2. The number of likely N-dealkylation sites (tertiary alicyclic amines) is 1. The molecule has 6 heteroatoms. The Morgan fingerprint density at radius 2 is 1.92 bits per heavy atom. The first kappa shape index (κ1) is 16.7. The molecule has 24 heavy (non-hydrogen) atoms. The van der Waals surface area contributed by atoms with E-state index >= 15 is 0 Å². The third kappa shape index (κ3) is 3.68. The summed E-state index contributed by atoms with van der Waals surface area (Å²) in [6.45, 7) is 0.664. The molecule has 0 bridgehead atoms. The van der Waals surface area contributed by atoms with Gasteiger partial charge in [0.05, 0.1) is 12.0 Å². The first-order valence-corrected chi connectivity index (χ1v) is 8.60. The molecule has 1 unspecified atom stereocenters. The van der Waals surface area contributed by atoms with Crippen LogP contribution in [0.2, 0.25) is 0 Å². The average Bonchev–Trinajstić information content (AvgIpc) is 3.05. The Balaban J connectivity index is 1.59. The Hall–Kier alpha value is -2.11. The van der Waals surface area contributed by atoms with Crippen molar-refractivity contribution in [1.82, 2.24) is 10.2 Å². The first-order chi connectivity index (χ1) is 11.5. The van der Waals surface area contributed by atoms with E-state index in [1.165, 1.54) is 12.1 Å². The van der Waals surface area contributed by atoms with Crippen LogP contribution in [0, 0.1) is 11.7 Å². The van der Waals surface area contributed by atoms with Crippen LogP contribution in [0.15, 0.2) is 24.3 Å². The Labute approximate surface area is 140 Å². The number of nitrogens with one attached hydrogen (secondary N) is 1. The van der Waals surface area contributed by atoms with E-state index in [0.29, 0.717) is 32.2 Å². The minimum atomic E-state index is -0.745. The lowest BCUT2D eigenvalue weighted by atomic mass is 9.86. The Morgan fingerprint density at radius 3 is 2.58 bits per heavy atom. The number of carbonyl (C=O) groups excluding carboxylic acids is 1. The summed E-state index contributed by atoms with van der Waals surface area (Å²) in [4.78, 5) is 25.4. The van der Waals surface area contributed by atoms with Crippen LogP contribution in [0.5, 0.6) is 0 Å². The molecular formula is C18H23FN2O3. The number of hydrogen-bond donors (Lipinski definition) is 2. The second kappa shape index (κ2) is 7.20. The lowest BCUT2D eigenvalue weighted by Gasteiger charge is -2.31. The van der Waals surface area contributed by atoms with Crippen molar-refractivity contribution < 1.29 is 19.1 Å². The minimum Gasteiger partial charge on any atom is -0.481 e. The maximum Gasteiger partial charge on any atom is 0.318 e. The van der Waals surface area contributed by atoms with Gasteiger partial charge in [-0.25, -0.2) is 9.18 Å². The summed E-state index contributed by atoms with van der Waals surface area (Å²) in [5.74, 6) is -1.32. The summed E-state index contributed by atoms with van der Waals surface area (Å²) >= 11 is 0. The zero-order chi connectivity index (χ0) is 17.1. The van der Waals surface area contributed by atoms with Gasteiger partial charge in [0.1, 0.15) is 5.82 Å². The number of halogens is 1. The number of carboxylic acids is 1. The normalized spacial score (nSPS) is 27.0. The highest BCUT2D eigenvalue weighted by Gasteiger charge is 2.32. The Kier molecular flexibility index (Phi) is 5.02. The van der Waals surface area contributed by atoms with Crippen molar-refractivity contribution in [2.24, 2.45) is 5.92 Å². The van der Waals surface area contributed by atoms with Crippen LogP contribution in [-0.4, -0.2) is 34.6 Å². The summed E-state index contributed by atoms with van der Waals surface area (Å²) in [5.41, 5.74) is 0.831. The van der Waals surface area contributed by atoms with Crippen molar-refractivity contribution in [1.29, 1.82) is 0 Å². The molecule has 2 N–H and O–H groups in total. The molecule has 1 aromatic rings. The van der Waals surface area contributed by atoms with E-state index in [0.717, 1.165) is 18.4 Å². The van der Waals surface area contributed by atoms with Gasteiger partial charge in [-0.2, -0.15) is 0 Å². The zero-order valence-electron chi connectivity index (χ0n) is 13.6. The monoisotopic (exact) mass is 334 g/mol. The van der Waals surface area contributed by atoms with Crippen molar-refractivity contribution in [3.05, 3.63) is 35.6 Å². The highest BCUT2D eigenvalue weighted by atomic mass is 19.1. The molecule has 1 atom stereocenters. The van der Waals surface area contributed by atoms with Gasteiger partial charge in [-0.3, -0.25) is 4.79 Å². The molecule has 0 radical (unpaired) electrons. The van der Waals surface area contributed by atoms with Crippen LogP contribution in [-0.2, 0) is 4.79 Å². The third-order valence-corrected chi connectivity index (χ3v) is 5.15. The summed E-state index contributed by atoms with van der Waals surface area (Å²) in [7, 11) is 0.